The third-order valence-electron chi connectivity index (χ3n) is 4.90. The molecular weight excluding hydrogens is 328 g/mol. The Hall–Kier alpha value is -2.37. The number of rotatable bonds is 7. The molecule has 0 aromatic heterocycles. The summed E-state index contributed by atoms with van der Waals surface area (Å²) in [6, 6.07) is 17.1. The lowest BCUT2D eigenvalue weighted by atomic mass is 9.87. The number of carbonyl (C=O) groups is 1. The highest BCUT2D eigenvalue weighted by atomic mass is 16.5. The topological polar surface area (TPSA) is 63.0 Å². The summed E-state index contributed by atoms with van der Waals surface area (Å²) in [7, 11) is 0. The van der Waals surface area contributed by atoms with Gasteiger partial charge in [0.25, 0.3) is 0 Å². The van der Waals surface area contributed by atoms with Crippen LogP contribution in [-0.4, -0.2) is 50.4 Å². The lowest BCUT2D eigenvalue weighted by molar-refractivity contribution is -0.906. The Balaban J connectivity index is 1.62. The zero-order valence-corrected chi connectivity index (χ0v) is 15.0. The first-order valence-corrected chi connectivity index (χ1v) is 9.25. The molecule has 0 aliphatic carbocycles. The van der Waals surface area contributed by atoms with Crippen LogP contribution in [0.1, 0.15) is 23.5 Å². The molecular formula is C21H27N2O3+. The molecule has 1 saturated heterocycles. The molecule has 5 heteroatoms. The number of para-hydroxylation sites is 1. The molecule has 0 bridgehead atoms. The highest BCUT2D eigenvalue weighted by Crippen LogP contribution is 2.33. The second kappa shape index (κ2) is 9.36. The fraction of sp³-hybridized carbons (Fsp3) is 0.381. The van der Waals surface area contributed by atoms with E-state index in [1.54, 1.807) is 12.1 Å². The zero-order chi connectivity index (χ0) is 18.2. The van der Waals surface area contributed by atoms with Crippen molar-refractivity contribution in [3.8, 4) is 5.75 Å². The van der Waals surface area contributed by atoms with Crippen molar-refractivity contribution in [3.63, 3.8) is 0 Å². The molecule has 0 radical (unpaired) electrons. The summed E-state index contributed by atoms with van der Waals surface area (Å²) in [4.78, 5) is 14.0. The molecule has 1 aliphatic heterocycles. The number of quaternary nitrogens is 1. The highest BCUT2D eigenvalue weighted by molar-refractivity contribution is 5.77. The van der Waals surface area contributed by atoms with Gasteiger partial charge in [-0.15, -0.1) is 0 Å². The summed E-state index contributed by atoms with van der Waals surface area (Å²) < 4.78 is 5.36. The number of amides is 1. The van der Waals surface area contributed by atoms with Crippen LogP contribution in [-0.2, 0) is 9.53 Å². The monoisotopic (exact) mass is 355 g/mol. The molecule has 1 atom stereocenters. The van der Waals surface area contributed by atoms with E-state index in [0.29, 0.717) is 13.0 Å². The van der Waals surface area contributed by atoms with Gasteiger partial charge in [0.05, 0.1) is 26.3 Å². The van der Waals surface area contributed by atoms with Gasteiger partial charge in [-0.25, -0.2) is 0 Å². The van der Waals surface area contributed by atoms with Crippen LogP contribution in [0.15, 0.2) is 54.6 Å². The molecule has 2 aromatic rings. The van der Waals surface area contributed by atoms with Crippen molar-refractivity contribution in [1.29, 1.82) is 0 Å². The predicted molar refractivity (Wildman–Crippen MR) is 100 cm³/mol. The number of phenolic OH excluding ortho intramolecular Hbond substituents is 1. The Morgan fingerprint density at radius 1 is 1.08 bits per heavy atom. The zero-order valence-electron chi connectivity index (χ0n) is 15.0. The second-order valence-corrected chi connectivity index (χ2v) is 6.69. The van der Waals surface area contributed by atoms with Gasteiger partial charge in [0.1, 0.15) is 18.8 Å². The summed E-state index contributed by atoms with van der Waals surface area (Å²) >= 11 is 0. The minimum Gasteiger partial charge on any atom is -0.508 e. The Morgan fingerprint density at radius 3 is 2.50 bits per heavy atom. The number of benzene rings is 2. The molecule has 5 nitrogen and oxygen atoms in total. The third kappa shape index (κ3) is 5.07. The van der Waals surface area contributed by atoms with Crippen molar-refractivity contribution in [1.82, 2.24) is 5.32 Å². The lowest BCUT2D eigenvalue weighted by Gasteiger charge is -2.24. The number of carbonyl (C=O) groups excluding carboxylic acids is 1. The summed E-state index contributed by atoms with van der Waals surface area (Å²) in [5, 5.41) is 13.3. The van der Waals surface area contributed by atoms with Crippen molar-refractivity contribution in [3.05, 3.63) is 65.7 Å². The van der Waals surface area contributed by atoms with Gasteiger partial charge in [-0.3, -0.25) is 4.79 Å². The largest absolute Gasteiger partial charge is 0.508 e. The Morgan fingerprint density at radius 2 is 1.77 bits per heavy atom. The van der Waals surface area contributed by atoms with E-state index in [-0.39, 0.29) is 17.6 Å². The van der Waals surface area contributed by atoms with E-state index in [0.717, 1.165) is 44.0 Å². The van der Waals surface area contributed by atoms with Crippen LogP contribution in [0.25, 0.3) is 0 Å². The van der Waals surface area contributed by atoms with Crippen molar-refractivity contribution >= 4 is 5.91 Å². The first kappa shape index (κ1) is 18.4. The van der Waals surface area contributed by atoms with Gasteiger partial charge in [-0.05, 0) is 11.6 Å². The molecule has 0 unspecified atom stereocenters. The van der Waals surface area contributed by atoms with E-state index < -0.39 is 0 Å². The maximum Gasteiger partial charge on any atom is 0.221 e. The highest BCUT2D eigenvalue weighted by Gasteiger charge is 2.21. The molecule has 1 fully saturated rings. The number of ether oxygens (including phenoxy) is 1. The fourth-order valence-corrected chi connectivity index (χ4v) is 3.42. The van der Waals surface area contributed by atoms with Gasteiger partial charge in [0, 0.05) is 17.9 Å². The molecule has 26 heavy (non-hydrogen) atoms. The van der Waals surface area contributed by atoms with E-state index >= 15 is 0 Å². The van der Waals surface area contributed by atoms with Gasteiger partial charge in [-0.1, -0.05) is 48.5 Å². The van der Waals surface area contributed by atoms with Crippen LogP contribution in [0.5, 0.6) is 5.75 Å². The predicted octanol–water partition coefficient (Wildman–Crippen LogP) is 0.945. The maximum atomic E-state index is 12.5. The first-order valence-electron chi connectivity index (χ1n) is 9.25. The van der Waals surface area contributed by atoms with E-state index in [1.165, 1.54) is 4.90 Å². The SMILES string of the molecule is O=C(C[C@@H](c1ccccc1)c1ccccc1O)NCC[NH+]1CCOCC1. The van der Waals surface area contributed by atoms with Gasteiger partial charge in [0.15, 0.2) is 0 Å². The molecule has 1 amide bonds. The van der Waals surface area contributed by atoms with Gasteiger partial charge >= 0.3 is 0 Å². The number of nitrogens with one attached hydrogen (secondary N) is 2. The van der Waals surface area contributed by atoms with Gasteiger partial charge in [0.2, 0.25) is 5.91 Å². The van der Waals surface area contributed by atoms with E-state index in [2.05, 4.69) is 5.32 Å². The molecule has 1 aliphatic rings. The molecule has 3 N–H and O–H groups in total. The van der Waals surface area contributed by atoms with Crippen molar-refractivity contribution in [2.75, 3.05) is 39.4 Å². The van der Waals surface area contributed by atoms with E-state index in [4.69, 9.17) is 4.74 Å². The summed E-state index contributed by atoms with van der Waals surface area (Å²) in [6.45, 7) is 5.18. The Bertz CT molecular complexity index is 699. The van der Waals surface area contributed by atoms with Crippen LogP contribution in [0.4, 0.5) is 0 Å². The standard InChI is InChI=1S/C21H26N2O3/c24-20-9-5-4-8-18(20)19(17-6-2-1-3-7-17)16-21(25)22-10-11-23-12-14-26-15-13-23/h1-9,19,24H,10-16H2,(H,22,25)/p+1/t19-/m0/s1. The minimum atomic E-state index is -0.159. The van der Waals surface area contributed by atoms with Crippen LogP contribution < -0.4 is 10.2 Å². The van der Waals surface area contributed by atoms with Gasteiger partial charge < -0.3 is 20.1 Å². The van der Waals surface area contributed by atoms with Crippen LogP contribution >= 0.6 is 0 Å². The number of hydrogen-bond donors (Lipinski definition) is 3. The molecule has 138 valence electrons. The van der Waals surface area contributed by atoms with Crippen molar-refractivity contribution in [2.24, 2.45) is 0 Å². The smallest absolute Gasteiger partial charge is 0.221 e. The van der Waals surface area contributed by atoms with Crippen LogP contribution in [0.2, 0.25) is 0 Å². The molecule has 0 saturated carbocycles. The number of aromatic hydroxyl groups is 1. The Kier molecular flexibility index (Phi) is 6.63. The molecule has 1 heterocycles. The number of morpholine rings is 1. The molecule has 2 aromatic carbocycles. The lowest BCUT2D eigenvalue weighted by Crippen LogP contribution is -3.14. The average molecular weight is 355 g/mol. The van der Waals surface area contributed by atoms with Gasteiger partial charge in [-0.2, -0.15) is 0 Å². The minimum absolute atomic E-state index is 0.00904. The third-order valence-corrected chi connectivity index (χ3v) is 4.90. The maximum absolute atomic E-state index is 12.5. The second-order valence-electron chi connectivity index (χ2n) is 6.69. The normalized spacial score (nSPS) is 16.2. The Labute approximate surface area is 154 Å². The van der Waals surface area contributed by atoms with Crippen molar-refractivity contribution < 1.29 is 19.5 Å². The van der Waals surface area contributed by atoms with Crippen LogP contribution in [0, 0.1) is 0 Å². The first-order chi connectivity index (χ1) is 12.7. The average Bonchev–Trinajstić information content (AvgIpc) is 2.68. The summed E-state index contributed by atoms with van der Waals surface area (Å²) in [5.41, 5.74) is 1.82. The molecule has 3 rings (SSSR count). The fourth-order valence-electron chi connectivity index (χ4n) is 3.42. The molecule has 0 spiro atoms. The van der Waals surface area contributed by atoms with E-state index in [9.17, 15) is 9.90 Å². The summed E-state index contributed by atoms with van der Waals surface area (Å²) in [5.74, 6) is 0.0785. The summed E-state index contributed by atoms with van der Waals surface area (Å²) in [6.07, 6.45) is 0.319. The van der Waals surface area contributed by atoms with Crippen molar-refractivity contribution in [2.45, 2.75) is 12.3 Å². The number of phenols is 1. The van der Waals surface area contributed by atoms with E-state index in [1.807, 2.05) is 42.5 Å². The number of hydrogen-bond acceptors (Lipinski definition) is 3. The quantitative estimate of drug-likeness (QED) is 0.693. The van der Waals surface area contributed by atoms with Crippen LogP contribution in [0.3, 0.4) is 0 Å².